The molecule has 1 unspecified atom stereocenters. The molecular weight excluding hydrogens is 390 g/mol. The van der Waals surface area contributed by atoms with Gasteiger partial charge in [0.2, 0.25) is 0 Å². The number of hydrogen-bond donors (Lipinski definition) is 2. The molecule has 0 aliphatic carbocycles. The number of amides is 3. The summed E-state index contributed by atoms with van der Waals surface area (Å²) in [5.41, 5.74) is 4.29. The van der Waals surface area contributed by atoms with E-state index in [1.165, 1.54) is 0 Å². The predicted octanol–water partition coefficient (Wildman–Crippen LogP) is 4.46. The largest absolute Gasteiger partial charge is 0.495 e. The van der Waals surface area contributed by atoms with E-state index in [9.17, 15) is 9.59 Å². The van der Waals surface area contributed by atoms with Gasteiger partial charge in [0.1, 0.15) is 11.8 Å². The van der Waals surface area contributed by atoms with Crippen molar-refractivity contribution in [2.45, 2.75) is 19.4 Å². The average molecular weight is 415 g/mol. The lowest BCUT2D eigenvalue weighted by molar-refractivity contribution is -0.120. The monoisotopic (exact) mass is 415 g/mol. The molecule has 158 valence electrons. The first-order valence-corrected chi connectivity index (χ1v) is 10.2. The van der Waals surface area contributed by atoms with Crippen LogP contribution in [0.1, 0.15) is 22.7 Å². The van der Waals surface area contributed by atoms with E-state index in [-0.39, 0.29) is 5.91 Å². The average Bonchev–Trinajstić information content (AvgIpc) is 3.22. The maximum Gasteiger partial charge on any atom is 0.320 e. The lowest BCUT2D eigenvalue weighted by Gasteiger charge is -2.25. The van der Waals surface area contributed by atoms with Crippen molar-refractivity contribution in [2.24, 2.45) is 0 Å². The third-order valence-corrected chi connectivity index (χ3v) is 5.41. The van der Waals surface area contributed by atoms with Gasteiger partial charge in [-0.3, -0.25) is 4.79 Å². The Morgan fingerprint density at radius 2 is 1.74 bits per heavy atom. The molecule has 3 aromatic rings. The van der Waals surface area contributed by atoms with Crippen LogP contribution in [0.25, 0.3) is 0 Å². The molecule has 31 heavy (non-hydrogen) atoms. The summed E-state index contributed by atoms with van der Waals surface area (Å²) >= 11 is 0. The Morgan fingerprint density at radius 3 is 2.52 bits per heavy atom. The predicted molar refractivity (Wildman–Crippen MR) is 122 cm³/mol. The highest BCUT2D eigenvalue weighted by atomic mass is 16.5. The maximum absolute atomic E-state index is 13.5. The van der Waals surface area contributed by atoms with Gasteiger partial charge in [0.25, 0.3) is 5.91 Å². The van der Waals surface area contributed by atoms with Gasteiger partial charge in [-0.25, -0.2) is 4.79 Å². The summed E-state index contributed by atoms with van der Waals surface area (Å²) in [5.74, 6) is 0.388. The van der Waals surface area contributed by atoms with Crippen LogP contribution in [0.4, 0.5) is 16.2 Å². The molecule has 1 aliphatic rings. The van der Waals surface area contributed by atoms with Crippen molar-refractivity contribution in [1.82, 2.24) is 5.32 Å². The number of benzene rings is 3. The molecule has 0 saturated carbocycles. The van der Waals surface area contributed by atoms with E-state index in [0.717, 1.165) is 28.8 Å². The van der Waals surface area contributed by atoms with Gasteiger partial charge in [-0.1, -0.05) is 54.6 Å². The van der Waals surface area contributed by atoms with Gasteiger partial charge in [0.15, 0.2) is 0 Å². The zero-order valence-electron chi connectivity index (χ0n) is 17.6. The minimum atomic E-state index is -0.817. The standard InChI is InChI=1S/C25H25N3O3/c1-17-12-13-22(31-2)20(16-17)26-25(30)27-23(19-9-4-3-5-10-19)24(29)28-15-14-18-8-6-7-11-21(18)28/h3-13,16,23H,14-15H2,1-2H3,(H2,26,27,30). The van der Waals surface area contributed by atoms with Crippen LogP contribution in [-0.4, -0.2) is 25.6 Å². The molecule has 3 aromatic carbocycles. The Bertz CT molecular complexity index is 1100. The molecule has 1 atom stereocenters. The number of nitrogens with zero attached hydrogens (tertiary/aromatic N) is 1. The molecule has 0 fully saturated rings. The van der Waals surface area contributed by atoms with Crippen LogP contribution < -0.4 is 20.3 Å². The molecule has 0 saturated heterocycles. The fourth-order valence-electron chi connectivity index (χ4n) is 3.87. The topological polar surface area (TPSA) is 70.7 Å². The number of nitrogens with one attached hydrogen (secondary N) is 2. The van der Waals surface area contributed by atoms with Crippen LogP contribution in [0.3, 0.4) is 0 Å². The summed E-state index contributed by atoms with van der Waals surface area (Å²) in [4.78, 5) is 28.2. The quantitative estimate of drug-likeness (QED) is 0.647. The summed E-state index contributed by atoms with van der Waals surface area (Å²) < 4.78 is 5.34. The normalized spacial score (nSPS) is 13.3. The van der Waals surface area contributed by atoms with Crippen LogP contribution in [0.2, 0.25) is 0 Å². The van der Waals surface area contributed by atoms with Crippen LogP contribution in [-0.2, 0) is 11.2 Å². The van der Waals surface area contributed by atoms with Gasteiger partial charge < -0.3 is 20.3 Å². The lowest BCUT2D eigenvalue weighted by Crippen LogP contribution is -2.43. The molecular formula is C25H25N3O3. The van der Waals surface area contributed by atoms with Crippen molar-refractivity contribution < 1.29 is 14.3 Å². The van der Waals surface area contributed by atoms with E-state index < -0.39 is 12.1 Å². The molecule has 0 aromatic heterocycles. The SMILES string of the molecule is COc1ccc(C)cc1NC(=O)NC(C(=O)N1CCc2ccccc21)c1ccccc1. The highest BCUT2D eigenvalue weighted by molar-refractivity contribution is 6.02. The second kappa shape index (κ2) is 8.92. The third kappa shape index (κ3) is 4.38. The number of para-hydroxylation sites is 1. The number of methoxy groups -OCH3 is 1. The number of anilines is 2. The summed E-state index contributed by atoms with van der Waals surface area (Å²) in [6.07, 6.45) is 0.802. The van der Waals surface area contributed by atoms with Crippen molar-refractivity contribution in [2.75, 3.05) is 23.9 Å². The van der Waals surface area contributed by atoms with Crippen molar-refractivity contribution in [1.29, 1.82) is 0 Å². The molecule has 4 rings (SSSR count). The van der Waals surface area contributed by atoms with E-state index in [2.05, 4.69) is 10.6 Å². The molecule has 2 N–H and O–H groups in total. The van der Waals surface area contributed by atoms with E-state index in [1.54, 1.807) is 18.1 Å². The second-order valence-electron chi connectivity index (χ2n) is 7.51. The number of ether oxygens (including phenoxy) is 1. The smallest absolute Gasteiger partial charge is 0.320 e. The number of fused-ring (bicyclic) bond motifs is 1. The molecule has 0 bridgehead atoms. The lowest BCUT2D eigenvalue weighted by atomic mass is 10.1. The fraction of sp³-hybridized carbons (Fsp3) is 0.200. The van der Waals surface area contributed by atoms with Crippen molar-refractivity contribution in [3.63, 3.8) is 0 Å². The van der Waals surface area contributed by atoms with Gasteiger partial charge in [-0.05, 0) is 48.2 Å². The van der Waals surface area contributed by atoms with Crippen molar-refractivity contribution >= 4 is 23.3 Å². The van der Waals surface area contributed by atoms with E-state index in [0.29, 0.717) is 18.0 Å². The Labute approximate surface area is 181 Å². The number of rotatable bonds is 5. The fourth-order valence-corrected chi connectivity index (χ4v) is 3.87. The molecule has 0 radical (unpaired) electrons. The maximum atomic E-state index is 13.5. The highest BCUT2D eigenvalue weighted by Crippen LogP contribution is 2.31. The minimum absolute atomic E-state index is 0.164. The molecule has 6 nitrogen and oxygen atoms in total. The molecule has 0 spiro atoms. The van der Waals surface area contributed by atoms with E-state index >= 15 is 0 Å². The third-order valence-electron chi connectivity index (χ3n) is 5.41. The van der Waals surface area contributed by atoms with Crippen molar-refractivity contribution in [3.8, 4) is 5.75 Å². The summed E-state index contributed by atoms with van der Waals surface area (Å²) in [6.45, 7) is 2.53. The number of urea groups is 1. The highest BCUT2D eigenvalue weighted by Gasteiger charge is 2.32. The molecule has 6 heteroatoms. The van der Waals surface area contributed by atoms with Gasteiger partial charge in [-0.15, -0.1) is 0 Å². The van der Waals surface area contributed by atoms with Gasteiger partial charge in [0.05, 0.1) is 12.8 Å². The van der Waals surface area contributed by atoms with E-state index in [1.807, 2.05) is 73.7 Å². The number of carbonyl (C=O) groups is 2. The first-order valence-electron chi connectivity index (χ1n) is 10.2. The first-order chi connectivity index (χ1) is 15.1. The zero-order valence-corrected chi connectivity index (χ0v) is 17.6. The summed E-state index contributed by atoms with van der Waals surface area (Å²) in [5, 5.41) is 5.68. The summed E-state index contributed by atoms with van der Waals surface area (Å²) in [7, 11) is 1.55. The van der Waals surface area contributed by atoms with Gasteiger partial charge in [0, 0.05) is 12.2 Å². The van der Waals surface area contributed by atoms with Crippen LogP contribution in [0.5, 0.6) is 5.75 Å². The summed E-state index contributed by atoms with van der Waals surface area (Å²) in [6, 6.07) is 21.4. The van der Waals surface area contributed by atoms with Crippen LogP contribution in [0, 0.1) is 6.92 Å². The molecule has 1 aliphatic heterocycles. The Hall–Kier alpha value is -3.80. The van der Waals surface area contributed by atoms with E-state index in [4.69, 9.17) is 4.74 Å². The molecule has 3 amide bonds. The van der Waals surface area contributed by atoms with Gasteiger partial charge >= 0.3 is 6.03 Å². The second-order valence-corrected chi connectivity index (χ2v) is 7.51. The number of hydrogen-bond acceptors (Lipinski definition) is 3. The van der Waals surface area contributed by atoms with Crippen molar-refractivity contribution in [3.05, 3.63) is 89.5 Å². The van der Waals surface area contributed by atoms with Crippen LogP contribution in [0.15, 0.2) is 72.8 Å². The number of aryl methyl sites for hydroxylation is 1. The zero-order chi connectivity index (χ0) is 21.8. The first kappa shape index (κ1) is 20.5. The Balaban J connectivity index is 1.59. The molecule has 1 heterocycles. The van der Waals surface area contributed by atoms with Crippen LogP contribution >= 0.6 is 0 Å². The Kier molecular flexibility index (Phi) is 5.89. The minimum Gasteiger partial charge on any atom is -0.495 e. The van der Waals surface area contributed by atoms with Gasteiger partial charge in [-0.2, -0.15) is 0 Å². The number of carbonyl (C=O) groups excluding carboxylic acids is 2. The Morgan fingerprint density at radius 1 is 1.00 bits per heavy atom.